The third kappa shape index (κ3) is 4.19. The maximum atomic E-state index is 13.3. The molecule has 0 aliphatic heterocycles. The zero-order valence-corrected chi connectivity index (χ0v) is 17.4. The highest BCUT2D eigenvalue weighted by Gasteiger charge is 2.21. The summed E-state index contributed by atoms with van der Waals surface area (Å²) in [6, 6.07) is 25.2. The van der Waals surface area contributed by atoms with Crippen molar-refractivity contribution in [3.8, 4) is 0 Å². The predicted molar refractivity (Wildman–Crippen MR) is 123 cm³/mol. The molecule has 0 amide bonds. The van der Waals surface area contributed by atoms with Crippen LogP contribution in [-0.2, 0) is 16.4 Å². The Morgan fingerprint density at radius 1 is 0.806 bits per heavy atom. The zero-order valence-electron chi connectivity index (χ0n) is 16.6. The van der Waals surface area contributed by atoms with Crippen LogP contribution in [0.1, 0.15) is 11.1 Å². The summed E-state index contributed by atoms with van der Waals surface area (Å²) in [7, 11) is -3.76. The molecule has 0 radical (unpaired) electrons. The SMILES string of the molecule is NC(N)=N/N=C(/Cc1cn(S(=O)(=O)c2ccccc2)c2ccccc12)c1ccccc1. The van der Waals surface area contributed by atoms with Crippen molar-refractivity contribution in [2.24, 2.45) is 21.7 Å². The molecule has 1 heterocycles. The first kappa shape index (κ1) is 20.4. The Morgan fingerprint density at radius 2 is 1.42 bits per heavy atom. The number of guanidine groups is 1. The van der Waals surface area contributed by atoms with Gasteiger partial charge in [-0.1, -0.05) is 66.7 Å². The van der Waals surface area contributed by atoms with E-state index in [2.05, 4.69) is 10.2 Å². The van der Waals surface area contributed by atoms with E-state index >= 15 is 0 Å². The van der Waals surface area contributed by atoms with E-state index in [0.717, 1.165) is 16.5 Å². The first-order valence-corrected chi connectivity index (χ1v) is 11.0. The Bertz CT molecular complexity index is 1370. The Morgan fingerprint density at radius 3 is 2.10 bits per heavy atom. The van der Waals surface area contributed by atoms with Gasteiger partial charge in [-0.25, -0.2) is 12.4 Å². The van der Waals surface area contributed by atoms with E-state index in [4.69, 9.17) is 11.5 Å². The van der Waals surface area contributed by atoms with Crippen LogP contribution in [-0.4, -0.2) is 24.1 Å². The number of para-hydroxylation sites is 1. The molecule has 0 bridgehead atoms. The van der Waals surface area contributed by atoms with Crippen molar-refractivity contribution in [3.05, 3.63) is 102 Å². The van der Waals surface area contributed by atoms with Crippen LogP contribution in [0.2, 0.25) is 0 Å². The molecule has 0 aliphatic rings. The van der Waals surface area contributed by atoms with E-state index in [-0.39, 0.29) is 10.9 Å². The van der Waals surface area contributed by atoms with Gasteiger partial charge >= 0.3 is 0 Å². The molecule has 0 saturated carbocycles. The Hall–Kier alpha value is -3.91. The van der Waals surface area contributed by atoms with Gasteiger partial charge in [0.25, 0.3) is 10.0 Å². The molecule has 0 fully saturated rings. The number of fused-ring (bicyclic) bond motifs is 1. The van der Waals surface area contributed by atoms with Crippen LogP contribution in [0.15, 0.2) is 106 Å². The number of rotatable bonds is 6. The summed E-state index contributed by atoms with van der Waals surface area (Å²) in [5, 5.41) is 8.85. The summed E-state index contributed by atoms with van der Waals surface area (Å²) in [5.74, 6) is -0.150. The van der Waals surface area contributed by atoms with E-state index < -0.39 is 10.0 Å². The zero-order chi connectivity index (χ0) is 21.8. The predicted octanol–water partition coefficient (Wildman–Crippen LogP) is 3.10. The van der Waals surface area contributed by atoms with E-state index in [1.165, 1.54) is 3.97 Å². The standard InChI is InChI=1S/C23H21N5O2S/c24-23(25)27-26-21(17-9-3-1-4-10-17)15-18-16-28(22-14-8-7-13-20(18)22)31(29,30)19-11-5-2-6-12-19/h1-14,16H,15H2,(H4,24,25,27)/b26-21-. The lowest BCUT2D eigenvalue weighted by atomic mass is 10.0. The second-order valence-corrected chi connectivity index (χ2v) is 8.71. The summed E-state index contributed by atoms with van der Waals surface area (Å²) in [4.78, 5) is 0.222. The number of nitrogens with two attached hydrogens (primary N) is 2. The molecule has 7 nitrogen and oxygen atoms in total. The van der Waals surface area contributed by atoms with E-state index in [9.17, 15) is 8.42 Å². The van der Waals surface area contributed by atoms with Gasteiger partial charge in [-0.15, -0.1) is 5.10 Å². The second kappa shape index (κ2) is 8.45. The highest BCUT2D eigenvalue weighted by molar-refractivity contribution is 7.90. The number of benzene rings is 3. The van der Waals surface area contributed by atoms with Crippen molar-refractivity contribution in [3.63, 3.8) is 0 Å². The lowest BCUT2D eigenvalue weighted by molar-refractivity contribution is 0.589. The van der Waals surface area contributed by atoms with E-state index in [1.807, 2.05) is 48.5 Å². The van der Waals surface area contributed by atoms with Gasteiger partial charge in [0.15, 0.2) is 0 Å². The molecular weight excluding hydrogens is 410 g/mol. The number of nitrogens with zero attached hydrogens (tertiary/aromatic N) is 3. The minimum atomic E-state index is -3.76. The van der Waals surface area contributed by atoms with Crippen molar-refractivity contribution in [1.29, 1.82) is 0 Å². The lowest BCUT2D eigenvalue weighted by Gasteiger charge is -2.07. The quantitative estimate of drug-likeness (QED) is 0.277. The molecule has 0 saturated heterocycles. The first-order chi connectivity index (χ1) is 15.0. The Labute approximate surface area is 180 Å². The third-order valence-electron chi connectivity index (χ3n) is 4.81. The molecule has 4 N–H and O–H groups in total. The van der Waals surface area contributed by atoms with E-state index in [1.54, 1.807) is 42.6 Å². The van der Waals surface area contributed by atoms with Crippen LogP contribution in [0.5, 0.6) is 0 Å². The molecule has 0 unspecified atom stereocenters. The minimum absolute atomic E-state index is 0.150. The highest BCUT2D eigenvalue weighted by Crippen LogP contribution is 2.27. The topological polar surface area (TPSA) is 116 Å². The summed E-state index contributed by atoms with van der Waals surface area (Å²) in [5.41, 5.74) is 13.8. The molecule has 4 rings (SSSR count). The second-order valence-electron chi connectivity index (χ2n) is 6.90. The van der Waals surface area contributed by atoms with Crippen LogP contribution in [0.3, 0.4) is 0 Å². The molecule has 0 spiro atoms. The average molecular weight is 432 g/mol. The van der Waals surface area contributed by atoms with Crippen molar-refractivity contribution >= 4 is 32.6 Å². The molecule has 156 valence electrons. The van der Waals surface area contributed by atoms with Gasteiger partial charge in [0.2, 0.25) is 5.96 Å². The van der Waals surface area contributed by atoms with Crippen LogP contribution >= 0.6 is 0 Å². The van der Waals surface area contributed by atoms with Gasteiger partial charge in [-0.2, -0.15) is 5.10 Å². The molecule has 8 heteroatoms. The van der Waals surface area contributed by atoms with Crippen molar-refractivity contribution in [2.45, 2.75) is 11.3 Å². The molecule has 1 aromatic heterocycles. The smallest absolute Gasteiger partial charge is 0.268 e. The summed E-state index contributed by atoms with van der Waals surface area (Å²) in [6.07, 6.45) is 1.99. The fraction of sp³-hybridized carbons (Fsp3) is 0.0435. The molecule has 0 aliphatic carbocycles. The monoisotopic (exact) mass is 431 g/mol. The third-order valence-corrected chi connectivity index (χ3v) is 6.50. The minimum Gasteiger partial charge on any atom is -0.369 e. The van der Waals surface area contributed by atoms with Gasteiger partial charge in [0.1, 0.15) is 0 Å². The van der Waals surface area contributed by atoms with Crippen molar-refractivity contribution < 1.29 is 8.42 Å². The first-order valence-electron chi connectivity index (χ1n) is 9.57. The molecule has 0 atom stereocenters. The fourth-order valence-corrected chi connectivity index (χ4v) is 4.80. The maximum absolute atomic E-state index is 13.3. The Kier molecular flexibility index (Phi) is 5.55. The summed E-state index contributed by atoms with van der Waals surface area (Å²) < 4.78 is 27.9. The normalized spacial score (nSPS) is 12.1. The number of hydrogen-bond donors (Lipinski definition) is 2. The molecular formula is C23H21N5O2S. The highest BCUT2D eigenvalue weighted by atomic mass is 32.2. The van der Waals surface area contributed by atoms with E-state index in [0.29, 0.717) is 17.6 Å². The fourth-order valence-electron chi connectivity index (χ4n) is 3.39. The van der Waals surface area contributed by atoms with Gasteiger partial charge in [-0.05, 0) is 29.3 Å². The number of aromatic nitrogens is 1. The number of hydrogen-bond acceptors (Lipinski definition) is 4. The van der Waals surface area contributed by atoms with Crippen LogP contribution in [0.4, 0.5) is 0 Å². The van der Waals surface area contributed by atoms with Crippen molar-refractivity contribution in [2.75, 3.05) is 0 Å². The largest absolute Gasteiger partial charge is 0.369 e. The van der Waals surface area contributed by atoms with Crippen LogP contribution in [0.25, 0.3) is 10.9 Å². The summed E-state index contributed by atoms with van der Waals surface area (Å²) in [6.45, 7) is 0. The van der Waals surface area contributed by atoms with Gasteiger partial charge in [0, 0.05) is 18.0 Å². The van der Waals surface area contributed by atoms with Gasteiger partial charge in [0.05, 0.1) is 16.1 Å². The Balaban J connectivity index is 1.85. The lowest BCUT2D eigenvalue weighted by Crippen LogP contribution is -2.22. The van der Waals surface area contributed by atoms with Gasteiger partial charge in [-0.3, -0.25) is 0 Å². The van der Waals surface area contributed by atoms with Crippen LogP contribution in [0, 0.1) is 0 Å². The van der Waals surface area contributed by atoms with Gasteiger partial charge < -0.3 is 11.5 Å². The van der Waals surface area contributed by atoms with Crippen LogP contribution < -0.4 is 11.5 Å². The molecule has 3 aromatic carbocycles. The maximum Gasteiger partial charge on any atom is 0.268 e. The van der Waals surface area contributed by atoms with Crippen molar-refractivity contribution in [1.82, 2.24) is 3.97 Å². The summed E-state index contributed by atoms with van der Waals surface area (Å²) >= 11 is 0. The molecule has 31 heavy (non-hydrogen) atoms. The average Bonchev–Trinajstić information content (AvgIpc) is 3.17. The molecule has 4 aromatic rings.